The molecule has 0 unspecified atom stereocenters. The lowest BCUT2D eigenvalue weighted by molar-refractivity contribution is -0.119. The summed E-state index contributed by atoms with van der Waals surface area (Å²) >= 11 is 0. The van der Waals surface area contributed by atoms with E-state index in [0.29, 0.717) is 0 Å². The predicted molar refractivity (Wildman–Crippen MR) is 102 cm³/mol. The molecule has 5 nitrogen and oxygen atoms in total. The fourth-order valence-electron chi connectivity index (χ4n) is 2.68. The first-order chi connectivity index (χ1) is 12.3. The fourth-order valence-corrected chi connectivity index (χ4v) is 2.68. The van der Waals surface area contributed by atoms with E-state index >= 15 is 0 Å². The Morgan fingerprint density at radius 2 is 1.50 bits per heavy atom. The molecule has 0 aliphatic heterocycles. The van der Waals surface area contributed by atoms with Gasteiger partial charge in [0.1, 0.15) is 5.75 Å². The van der Waals surface area contributed by atoms with Crippen molar-refractivity contribution < 1.29 is 19.4 Å². The molecule has 0 bridgehead atoms. The molecule has 2 aromatic carbocycles. The highest BCUT2D eigenvalue weighted by atomic mass is 16.5. The van der Waals surface area contributed by atoms with E-state index in [1.54, 1.807) is 0 Å². The summed E-state index contributed by atoms with van der Waals surface area (Å²) in [5.74, 6) is -0.425. The Labute approximate surface area is 154 Å². The van der Waals surface area contributed by atoms with Gasteiger partial charge >= 0.3 is 5.97 Å². The van der Waals surface area contributed by atoms with Gasteiger partial charge in [-0.2, -0.15) is 0 Å². The third-order valence-corrected chi connectivity index (χ3v) is 4.07. The van der Waals surface area contributed by atoms with Gasteiger partial charge in [-0.25, -0.2) is 4.79 Å². The maximum atomic E-state index is 12.3. The Morgan fingerprint density at radius 3 is 2.00 bits per heavy atom. The monoisotopic (exact) mass is 355 g/mol. The number of benzene rings is 2. The lowest BCUT2D eigenvalue weighted by Crippen LogP contribution is -2.22. The molecule has 0 atom stereocenters. The molecule has 2 aromatic rings. The van der Waals surface area contributed by atoms with Gasteiger partial charge in [0.05, 0.1) is 5.56 Å². The normalized spacial score (nSPS) is 10.8. The molecular formula is C21H25NO4. The molecule has 5 heteroatoms. The maximum absolute atomic E-state index is 12.3. The topological polar surface area (TPSA) is 75.6 Å². The van der Waals surface area contributed by atoms with E-state index in [1.165, 1.54) is 24.3 Å². The van der Waals surface area contributed by atoms with Gasteiger partial charge in [-0.05, 0) is 47.2 Å². The molecule has 26 heavy (non-hydrogen) atoms. The van der Waals surface area contributed by atoms with Crippen molar-refractivity contribution in [2.45, 2.75) is 39.5 Å². The highest BCUT2D eigenvalue weighted by Crippen LogP contribution is 2.32. The van der Waals surface area contributed by atoms with Crippen LogP contribution >= 0.6 is 0 Å². The van der Waals surface area contributed by atoms with Crippen molar-refractivity contribution in [1.29, 1.82) is 0 Å². The number of hydrogen-bond acceptors (Lipinski definition) is 4. The average molecular weight is 355 g/mol. The predicted octanol–water partition coefficient (Wildman–Crippen LogP) is 4.43. The molecule has 138 valence electrons. The third-order valence-electron chi connectivity index (χ3n) is 4.07. The number of hydrogen-bond donors (Lipinski definition) is 2. The Hall–Kier alpha value is -2.82. The highest BCUT2D eigenvalue weighted by molar-refractivity contribution is 5.96. The molecule has 0 fully saturated rings. The first kappa shape index (κ1) is 19.5. The first-order valence-electron chi connectivity index (χ1n) is 8.68. The van der Waals surface area contributed by atoms with Gasteiger partial charge in [-0.3, -0.25) is 4.79 Å². The molecule has 0 heterocycles. The van der Waals surface area contributed by atoms with Gasteiger partial charge in [0.2, 0.25) is 0 Å². The van der Waals surface area contributed by atoms with Gasteiger partial charge in [-0.15, -0.1) is 0 Å². The van der Waals surface area contributed by atoms with Crippen molar-refractivity contribution in [3.05, 3.63) is 59.2 Å². The lowest BCUT2D eigenvalue weighted by atomic mass is 9.92. The second-order valence-electron chi connectivity index (χ2n) is 6.79. The number of ether oxygens (including phenoxy) is 1. The molecule has 0 aliphatic carbocycles. The third kappa shape index (κ3) is 4.85. The average Bonchev–Trinajstić information content (AvgIpc) is 2.60. The van der Waals surface area contributed by atoms with Crippen LogP contribution in [0.4, 0.5) is 5.69 Å². The SMILES string of the molecule is CC(C)c1cccc(C(C)C)c1NC(=O)COC(=O)c1ccc(O)cc1. The van der Waals surface area contributed by atoms with Gasteiger partial charge in [0, 0.05) is 5.69 Å². The molecule has 2 rings (SSSR count). The Bertz CT molecular complexity index is 753. The smallest absolute Gasteiger partial charge is 0.338 e. The number of phenols is 1. The summed E-state index contributed by atoms with van der Waals surface area (Å²) in [6, 6.07) is 11.7. The van der Waals surface area contributed by atoms with E-state index in [2.05, 4.69) is 33.0 Å². The molecular weight excluding hydrogens is 330 g/mol. The van der Waals surface area contributed by atoms with Gasteiger partial charge < -0.3 is 15.2 Å². The van der Waals surface area contributed by atoms with Crippen molar-refractivity contribution in [2.24, 2.45) is 0 Å². The number of carbonyl (C=O) groups is 2. The van der Waals surface area contributed by atoms with Crippen LogP contribution in [0.25, 0.3) is 0 Å². The van der Waals surface area contributed by atoms with E-state index in [4.69, 9.17) is 4.74 Å². The molecule has 0 saturated carbocycles. The molecule has 0 spiro atoms. The summed E-state index contributed by atoms with van der Waals surface area (Å²) in [4.78, 5) is 24.3. The number of nitrogens with one attached hydrogen (secondary N) is 1. The van der Waals surface area contributed by atoms with Crippen LogP contribution in [0.15, 0.2) is 42.5 Å². The van der Waals surface area contributed by atoms with Crippen LogP contribution in [-0.2, 0) is 9.53 Å². The van der Waals surface area contributed by atoms with Gasteiger partial charge in [-0.1, -0.05) is 45.9 Å². The minimum absolute atomic E-state index is 0.0609. The zero-order valence-electron chi connectivity index (χ0n) is 15.6. The number of para-hydroxylation sites is 1. The second kappa shape index (κ2) is 8.52. The van der Waals surface area contributed by atoms with E-state index in [-0.39, 0.29) is 35.7 Å². The van der Waals surface area contributed by atoms with Crippen molar-refractivity contribution in [3.63, 3.8) is 0 Å². The quantitative estimate of drug-likeness (QED) is 0.752. The number of anilines is 1. The van der Waals surface area contributed by atoms with Crippen LogP contribution in [0.2, 0.25) is 0 Å². The zero-order valence-corrected chi connectivity index (χ0v) is 15.6. The fraction of sp³-hybridized carbons (Fsp3) is 0.333. The number of phenolic OH excluding ortho intramolecular Hbond substituents is 1. The summed E-state index contributed by atoms with van der Waals surface area (Å²) in [6.45, 7) is 7.91. The lowest BCUT2D eigenvalue weighted by Gasteiger charge is -2.20. The van der Waals surface area contributed by atoms with Crippen molar-refractivity contribution in [2.75, 3.05) is 11.9 Å². The van der Waals surface area contributed by atoms with E-state index in [0.717, 1.165) is 16.8 Å². The summed E-state index contributed by atoms with van der Waals surface area (Å²) < 4.78 is 5.07. The Balaban J connectivity index is 2.08. The molecule has 0 saturated heterocycles. The zero-order chi connectivity index (χ0) is 19.3. The van der Waals surface area contributed by atoms with Crippen molar-refractivity contribution in [1.82, 2.24) is 0 Å². The molecule has 1 amide bonds. The van der Waals surface area contributed by atoms with Crippen LogP contribution < -0.4 is 5.32 Å². The number of carbonyl (C=O) groups excluding carboxylic acids is 2. The number of rotatable bonds is 6. The van der Waals surface area contributed by atoms with E-state index in [1.807, 2.05) is 18.2 Å². The van der Waals surface area contributed by atoms with E-state index < -0.39 is 5.97 Å². The van der Waals surface area contributed by atoms with Gasteiger partial charge in [0.25, 0.3) is 5.91 Å². The van der Waals surface area contributed by atoms with Crippen LogP contribution in [-0.4, -0.2) is 23.6 Å². The standard InChI is InChI=1S/C21H25NO4/c1-13(2)17-6-5-7-18(14(3)4)20(17)22-19(24)12-26-21(25)15-8-10-16(23)11-9-15/h5-11,13-14,23H,12H2,1-4H3,(H,22,24). The summed E-state index contributed by atoms with van der Waals surface area (Å²) in [6.07, 6.45) is 0. The minimum atomic E-state index is -0.610. The van der Waals surface area contributed by atoms with Crippen LogP contribution in [0.5, 0.6) is 5.75 Å². The number of amides is 1. The van der Waals surface area contributed by atoms with Crippen molar-refractivity contribution in [3.8, 4) is 5.75 Å². The van der Waals surface area contributed by atoms with Gasteiger partial charge in [0.15, 0.2) is 6.61 Å². The van der Waals surface area contributed by atoms with E-state index in [9.17, 15) is 14.7 Å². The minimum Gasteiger partial charge on any atom is -0.508 e. The number of aromatic hydroxyl groups is 1. The van der Waals surface area contributed by atoms with Crippen LogP contribution in [0, 0.1) is 0 Å². The Morgan fingerprint density at radius 1 is 0.962 bits per heavy atom. The molecule has 0 aliphatic rings. The molecule has 0 radical (unpaired) electrons. The molecule has 0 aromatic heterocycles. The molecule has 2 N–H and O–H groups in total. The maximum Gasteiger partial charge on any atom is 0.338 e. The highest BCUT2D eigenvalue weighted by Gasteiger charge is 2.17. The van der Waals surface area contributed by atoms with Crippen molar-refractivity contribution >= 4 is 17.6 Å². The second-order valence-corrected chi connectivity index (χ2v) is 6.79. The summed E-state index contributed by atoms with van der Waals surface area (Å²) in [7, 11) is 0. The summed E-state index contributed by atoms with van der Waals surface area (Å²) in [5, 5.41) is 12.1. The largest absolute Gasteiger partial charge is 0.508 e. The van der Waals surface area contributed by atoms with Crippen LogP contribution in [0.3, 0.4) is 0 Å². The Kier molecular flexibility index (Phi) is 6.39. The number of esters is 1. The first-order valence-corrected chi connectivity index (χ1v) is 8.68. The summed E-state index contributed by atoms with van der Waals surface area (Å²) in [5.41, 5.74) is 3.17. The van der Waals surface area contributed by atoms with Crippen LogP contribution in [0.1, 0.15) is 61.0 Å².